The number of ether oxygens (including phenoxy) is 2. The Morgan fingerprint density at radius 3 is 3.19 bits per heavy atom. The van der Waals surface area contributed by atoms with Crippen molar-refractivity contribution in [3.8, 4) is 11.6 Å². The Morgan fingerprint density at radius 2 is 2.50 bits per heavy atom. The largest absolute Gasteiger partial charge is 0.484 e. The predicted octanol–water partition coefficient (Wildman–Crippen LogP) is 1.15. The normalized spacial score (nSPS) is 31.5. The molecule has 1 N–H and O–H groups in total. The third kappa shape index (κ3) is 1.45. The number of methoxy groups -OCH3 is 1. The first-order valence-corrected chi connectivity index (χ1v) is 5.66. The molecule has 4 nitrogen and oxygen atoms in total. The van der Waals surface area contributed by atoms with Gasteiger partial charge in [-0.15, -0.1) is 0 Å². The van der Waals surface area contributed by atoms with Crippen LogP contribution < -0.4 is 14.8 Å². The summed E-state index contributed by atoms with van der Waals surface area (Å²) in [6, 6.07) is 2.51. The summed E-state index contributed by atoms with van der Waals surface area (Å²) in [7, 11) is 1.64. The fraction of sp³-hybridized carbons (Fsp3) is 0.583. The van der Waals surface area contributed by atoms with Crippen molar-refractivity contribution in [2.24, 2.45) is 0 Å². The molecule has 0 unspecified atom stereocenters. The van der Waals surface area contributed by atoms with Crippen molar-refractivity contribution in [2.75, 3.05) is 13.7 Å². The van der Waals surface area contributed by atoms with Gasteiger partial charge in [-0.2, -0.15) is 0 Å². The molecule has 1 fully saturated rings. The fourth-order valence-corrected chi connectivity index (χ4v) is 2.70. The number of rotatable bonds is 1. The van der Waals surface area contributed by atoms with E-state index in [1.165, 1.54) is 5.56 Å². The summed E-state index contributed by atoms with van der Waals surface area (Å²) in [6.45, 7) is 3.12. The van der Waals surface area contributed by atoms with Crippen LogP contribution in [0.2, 0.25) is 0 Å². The molecule has 0 aliphatic carbocycles. The zero-order valence-corrected chi connectivity index (χ0v) is 9.62. The van der Waals surface area contributed by atoms with Crippen LogP contribution in [0.25, 0.3) is 0 Å². The second-order valence-electron chi connectivity index (χ2n) is 4.78. The predicted molar refractivity (Wildman–Crippen MR) is 59.9 cm³/mol. The molecule has 3 rings (SSSR count). The molecule has 1 saturated heterocycles. The average Bonchev–Trinajstić information content (AvgIpc) is 2.80. The highest BCUT2D eigenvalue weighted by Gasteiger charge is 2.44. The van der Waals surface area contributed by atoms with Gasteiger partial charge in [0, 0.05) is 37.1 Å². The minimum Gasteiger partial charge on any atom is -0.484 e. The van der Waals surface area contributed by atoms with Crippen LogP contribution in [0, 0.1) is 0 Å². The van der Waals surface area contributed by atoms with Crippen LogP contribution in [-0.2, 0) is 6.42 Å². The van der Waals surface area contributed by atoms with Crippen LogP contribution in [0.3, 0.4) is 0 Å². The maximum absolute atomic E-state index is 6.04. The number of pyridine rings is 1. The van der Waals surface area contributed by atoms with Gasteiger partial charge >= 0.3 is 0 Å². The van der Waals surface area contributed by atoms with E-state index in [1.54, 1.807) is 13.3 Å². The highest BCUT2D eigenvalue weighted by molar-refractivity contribution is 5.40. The van der Waals surface area contributed by atoms with Gasteiger partial charge in [-0.1, -0.05) is 0 Å². The quantitative estimate of drug-likeness (QED) is 0.771. The summed E-state index contributed by atoms with van der Waals surface area (Å²) in [4.78, 5) is 4.17. The fourth-order valence-electron chi connectivity index (χ4n) is 2.70. The lowest BCUT2D eigenvalue weighted by atomic mass is 9.95. The van der Waals surface area contributed by atoms with E-state index in [2.05, 4.69) is 17.2 Å². The summed E-state index contributed by atoms with van der Waals surface area (Å²) in [6.07, 6.45) is 3.79. The molecule has 1 spiro atoms. The molecule has 0 saturated carbocycles. The second kappa shape index (κ2) is 3.35. The summed E-state index contributed by atoms with van der Waals surface area (Å²) < 4.78 is 11.2. The first kappa shape index (κ1) is 9.90. The molecule has 16 heavy (non-hydrogen) atoms. The van der Waals surface area contributed by atoms with E-state index in [-0.39, 0.29) is 5.60 Å². The molecule has 2 atom stereocenters. The lowest BCUT2D eigenvalue weighted by molar-refractivity contribution is 0.115. The highest BCUT2D eigenvalue weighted by atomic mass is 16.5. The van der Waals surface area contributed by atoms with Gasteiger partial charge in [-0.05, 0) is 6.92 Å². The third-order valence-corrected chi connectivity index (χ3v) is 3.42. The molecule has 0 radical (unpaired) electrons. The van der Waals surface area contributed by atoms with E-state index in [4.69, 9.17) is 9.47 Å². The van der Waals surface area contributed by atoms with Gasteiger partial charge in [0.2, 0.25) is 5.88 Å². The molecule has 2 aliphatic rings. The van der Waals surface area contributed by atoms with Gasteiger partial charge in [-0.3, -0.25) is 0 Å². The molecular weight excluding hydrogens is 204 g/mol. The Kier molecular flexibility index (Phi) is 2.07. The SMILES string of the molecule is COc1cc2c(cn1)O[C@]1(CN[C@@H](C)C1)C2. The summed E-state index contributed by atoms with van der Waals surface area (Å²) in [5.74, 6) is 1.58. The van der Waals surface area contributed by atoms with Gasteiger partial charge in [0.15, 0.2) is 0 Å². The minimum absolute atomic E-state index is 0.0458. The Hall–Kier alpha value is -1.29. The van der Waals surface area contributed by atoms with Crippen molar-refractivity contribution in [1.82, 2.24) is 10.3 Å². The Balaban J connectivity index is 1.88. The van der Waals surface area contributed by atoms with Crippen molar-refractivity contribution in [3.63, 3.8) is 0 Å². The lowest BCUT2D eigenvalue weighted by Gasteiger charge is -2.21. The molecule has 0 bridgehead atoms. The zero-order valence-electron chi connectivity index (χ0n) is 9.62. The maximum Gasteiger partial charge on any atom is 0.213 e. The highest BCUT2D eigenvalue weighted by Crippen LogP contribution is 2.40. The molecule has 0 aromatic carbocycles. The molecule has 2 aliphatic heterocycles. The van der Waals surface area contributed by atoms with Crippen molar-refractivity contribution in [1.29, 1.82) is 0 Å². The first-order valence-electron chi connectivity index (χ1n) is 5.66. The average molecular weight is 220 g/mol. The van der Waals surface area contributed by atoms with Crippen LogP contribution >= 0.6 is 0 Å². The Labute approximate surface area is 95.0 Å². The second-order valence-corrected chi connectivity index (χ2v) is 4.78. The van der Waals surface area contributed by atoms with E-state index < -0.39 is 0 Å². The standard InChI is InChI=1S/C12H16N2O2/c1-8-4-12(7-14-8)5-9-3-11(15-2)13-6-10(9)16-12/h3,6,8,14H,4-5,7H2,1-2H3/t8-,12-/m0/s1. The molecule has 1 aromatic rings. The van der Waals surface area contributed by atoms with Crippen molar-refractivity contribution >= 4 is 0 Å². The molecule has 3 heterocycles. The summed E-state index contributed by atoms with van der Waals surface area (Å²) in [5.41, 5.74) is 1.17. The van der Waals surface area contributed by atoms with Gasteiger partial charge in [0.25, 0.3) is 0 Å². The van der Waals surface area contributed by atoms with Crippen LogP contribution in [0.5, 0.6) is 11.6 Å². The van der Waals surface area contributed by atoms with E-state index in [0.717, 1.165) is 25.1 Å². The number of nitrogens with zero attached hydrogens (tertiary/aromatic N) is 1. The van der Waals surface area contributed by atoms with Crippen LogP contribution in [-0.4, -0.2) is 30.3 Å². The number of nitrogens with one attached hydrogen (secondary N) is 1. The maximum atomic E-state index is 6.04. The van der Waals surface area contributed by atoms with E-state index in [1.807, 2.05) is 6.07 Å². The molecule has 0 amide bonds. The van der Waals surface area contributed by atoms with Crippen molar-refractivity contribution < 1.29 is 9.47 Å². The smallest absolute Gasteiger partial charge is 0.213 e. The molecule has 1 aromatic heterocycles. The van der Waals surface area contributed by atoms with Crippen molar-refractivity contribution in [2.45, 2.75) is 31.4 Å². The minimum atomic E-state index is -0.0458. The Bertz CT molecular complexity index is 421. The third-order valence-electron chi connectivity index (χ3n) is 3.42. The van der Waals surface area contributed by atoms with Crippen LogP contribution in [0.15, 0.2) is 12.3 Å². The Morgan fingerprint density at radius 1 is 1.62 bits per heavy atom. The monoisotopic (exact) mass is 220 g/mol. The van der Waals surface area contributed by atoms with Gasteiger partial charge < -0.3 is 14.8 Å². The topological polar surface area (TPSA) is 43.4 Å². The molecule has 4 heteroatoms. The summed E-state index contributed by atoms with van der Waals surface area (Å²) in [5, 5.41) is 3.44. The zero-order chi connectivity index (χ0) is 11.2. The van der Waals surface area contributed by atoms with Crippen LogP contribution in [0.4, 0.5) is 0 Å². The molecule has 86 valence electrons. The number of hydrogen-bond donors (Lipinski definition) is 1. The first-order chi connectivity index (χ1) is 7.71. The number of aromatic nitrogens is 1. The van der Waals surface area contributed by atoms with Crippen molar-refractivity contribution in [3.05, 3.63) is 17.8 Å². The van der Waals surface area contributed by atoms with Crippen LogP contribution in [0.1, 0.15) is 18.9 Å². The van der Waals surface area contributed by atoms with E-state index in [9.17, 15) is 0 Å². The lowest BCUT2D eigenvalue weighted by Crippen LogP contribution is -2.36. The number of fused-ring (bicyclic) bond motifs is 1. The molecular formula is C12H16N2O2. The van der Waals surface area contributed by atoms with Gasteiger partial charge in [0.05, 0.1) is 13.3 Å². The summed E-state index contributed by atoms with van der Waals surface area (Å²) >= 11 is 0. The number of hydrogen-bond acceptors (Lipinski definition) is 4. The van der Waals surface area contributed by atoms with E-state index >= 15 is 0 Å². The van der Waals surface area contributed by atoms with Gasteiger partial charge in [-0.25, -0.2) is 4.98 Å². The van der Waals surface area contributed by atoms with Gasteiger partial charge in [0.1, 0.15) is 11.4 Å². The van der Waals surface area contributed by atoms with E-state index in [0.29, 0.717) is 11.9 Å².